The summed E-state index contributed by atoms with van der Waals surface area (Å²) in [6, 6.07) is 0. The van der Waals surface area contributed by atoms with Gasteiger partial charge in [-0.05, 0) is 31.3 Å². The average Bonchev–Trinajstić information content (AvgIpc) is 2.19. The summed E-state index contributed by atoms with van der Waals surface area (Å²) in [5.41, 5.74) is 0. The number of hydrogen-bond acceptors (Lipinski definition) is 3. The third-order valence-electron chi connectivity index (χ3n) is 2.39. The molecule has 0 saturated carbocycles. The van der Waals surface area contributed by atoms with Crippen molar-refractivity contribution in [2.45, 2.75) is 43.3 Å². The molecule has 0 spiro atoms. The van der Waals surface area contributed by atoms with Crippen molar-refractivity contribution >= 4 is 23.5 Å². The molecule has 82 valence electrons. The second kappa shape index (κ2) is 6.09. The van der Waals surface area contributed by atoms with Crippen molar-refractivity contribution in [1.82, 2.24) is 0 Å². The first kappa shape index (κ1) is 12.5. The Morgan fingerprint density at radius 2 is 2.07 bits per heavy atom. The van der Waals surface area contributed by atoms with E-state index in [4.69, 9.17) is 0 Å². The molecule has 1 fully saturated rings. The first-order chi connectivity index (χ1) is 6.72. The molecule has 1 heterocycles. The highest BCUT2D eigenvalue weighted by molar-refractivity contribution is 8.19. The third kappa shape index (κ3) is 3.52. The zero-order chi connectivity index (χ0) is 10.4. The summed E-state index contributed by atoms with van der Waals surface area (Å²) in [6.45, 7) is 4.11. The molecule has 14 heavy (non-hydrogen) atoms. The van der Waals surface area contributed by atoms with Gasteiger partial charge in [-0.2, -0.15) is 0 Å². The molecule has 1 aliphatic rings. The van der Waals surface area contributed by atoms with Gasteiger partial charge in [-0.25, -0.2) is 0 Å². The van der Waals surface area contributed by atoms with Crippen molar-refractivity contribution in [2.75, 3.05) is 11.5 Å². The molecule has 0 unspecified atom stereocenters. The number of aliphatic hydroxyl groups is 1. The predicted octanol–water partition coefficient (Wildman–Crippen LogP) is 3.29. The van der Waals surface area contributed by atoms with E-state index in [1.165, 1.54) is 17.9 Å². The Hall–Kier alpha value is 0.400. The molecule has 1 atom stereocenters. The van der Waals surface area contributed by atoms with Crippen LogP contribution in [0, 0.1) is 0 Å². The minimum atomic E-state index is -0.149. The molecule has 0 aromatic rings. The van der Waals surface area contributed by atoms with Crippen LogP contribution < -0.4 is 0 Å². The number of rotatable bonds is 4. The van der Waals surface area contributed by atoms with Crippen molar-refractivity contribution in [2.24, 2.45) is 0 Å². The Morgan fingerprint density at radius 3 is 2.57 bits per heavy atom. The van der Waals surface area contributed by atoms with Crippen LogP contribution in [0.25, 0.3) is 0 Å². The highest BCUT2D eigenvalue weighted by Crippen LogP contribution is 2.46. The van der Waals surface area contributed by atoms with Crippen LogP contribution in [0.3, 0.4) is 0 Å². The fourth-order valence-electron chi connectivity index (χ4n) is 1.60. The molecule has 1 aliphatic heterocycles. The van der Waals surface area contributed by atoms with Gasteiger partial charge in [0.2, 0.25) is 0 Å². The molecule has 1 saturated heterocycles. The Kier molecular flexibility index (Phi) is 5.42. The molecule has 0 aliphatic carbocycles. The molecule has 1 rings (SSSR count). The minimum Gasteiger partial charge on any atom is -0.393 e. The SMILES string of the molecule is C/C=C/C1(C[C@H](O)CC)SCCCS1. The number of thioether (sulfide) groups is 2. The molecule has 0 bridgehead atoms. The van der Waals surface area contributed by atoms with Crippen molar-refractivity contribution in [3.8, 4) is 0 Å². The van der Waals surface area contributed by atoms with E-state index in [1.807, 2.05) is 30.4 Å². The van der Waals surface area contributed by atoms with Crippen LogP contribution in [-0.2, 0) is 0 Å². The van der Waals surface area contributed by atoms with E-state index in [0.717, 1.165) is 12.8 Å². The van der Waals surface area contributed by atoms with Crippen LogP contribution in [0.15, 0.2) is 12.2 Å². The largest absolute Gasteiger partial charge is 0.393 e. The Labute approximate surface area is 95.7 Å². The lowest BCUT2D eigenvalue weighted by Crippen LogP contribution is -2.28. The zero-order valence-corrected chi connectivity index (χ0v) is 10.7. The lowest BCUT2D eigenvalue weighted by molar-refractivity contribution is 0.160. The molecule has 0 amide bonds. The molecule has 1 nitrogen and oxygen atoms in total. The molecular weight excluding hydrogens is 212 g/mol. The van der Waals surface area contributed by atoms with Crippen LogP contribution in [0.5, 0.6) is 0 Å². The van der Waals surface area contributed by atoms with Crippen molar-refractivity contribution < 1.29 is 5.11 Å². The summed E-state index contributed by atoms with van der Waals surface area (Å²) in [5.74, 6) is 2.46. The van der Waals surface area contributed by atoms with Crippen LogP contribution in [-0.4, -0.2) is 26.8 Å². The summed E-state index contributed by atoms with van der Waals surface area (Å²) < 4.78 is 0.155. The van der Waals surface area contributed by atoms with Crippen LogP contribution in [0.1, 0.15) is 33.1 Å². The quantitative estimate of drug-likeness (QED) is 0.751. The van der Waals surface area contributed by atoms with Gasteiger partial charge in [0.15, 0.2) is 0 Å². The van der Waals surface area contributed by atoms with Gasteiger partial charge < -0.3 is 5.11 Å². The van der Waals surface area contributed by atoms with Crippen LogP contribution in [0.4, 0.5) is 0 Å². The first-order valence-electron chi connectivity index (χ1n) is 5.32. The Bertz CT molecular complexity index is 186. The smallest absolute Gasteiger partial charge is 0.0815 e. The number of hydrogen-bond donors (Lipinski definition) is 1. The summed E-state index contributed by atoms with van der Waals surface area (Å²) in [4.78, 5) is 0. The average molecular weight is 232 g/mol. The first-order valence-corrected chi connectivity index (χ1v) is 7.29. The van der Waals surface area contributed by atoms with Crippen molar-refractivity contribution in [1.29, 1.82) is 0 Å². The van der Waals surface area contributed by atoms with E-state index in [0.29, 0.717) is 0 Å². The molecule has 3 heteroatoms. The molecule has 0 aromatic heterocycles. The fraction of sp³-hybridized carbons (Fsp3) is 0.818. The lowest BCUT2D eigenvalue weighted by atomic mass is 10.1. The summed E-state index contributed by atoms with van der Waals surface area (Å²) >= 11 is 3.99. The molecule has 0 aromatic carbocycles. The molecular formula is C11H20OS2. The van der Waals surface area contributed by atoms with E-state index in [2.05, 4.69) is 19.1 Å². The highest BCUT2D eigenvalue weighted by Gasteiger charge is 2.32. The Morgan fingerprint density at radius 1 is 1.43 bits per heavy atom. The van der Waals surface area contributed by atoms with E-state index in [9.17, 15) is 5.11 Å². The van der Waals surface area contributed by atoms with E-state index >= 15 is 0 Å². The van der Waals surface area contributed by atoms with E-state index < -0.39 is 0 Å². The van der Waals surface area contributed by atoms with Gasteiger partial charge >= 0.3 is 0 Å². The van der Waals surface area contributed by atoms with Gasteiger partial charge in [-0.15, -0.1) is 23.5 Å². The van der Waals surface area contributed by atoms with Gasteiger partial charge in [-0.3, -0.25) is 0 Å². The van der Waals surface area contributed by atoms with Gasteiger partial charge in [0.05, 0.1) is 10.2 Å². The normalized spacial score (nSPS) is 23.9. The maximum atomic E-state index is 9.74. The van der Waals surface area contributed by atoms with Gasteiger partial charge in [0, 0.05) is 6.42 Å². The topological polar surface area (TPSA) is 20.2 Å². The summed E-state index contributed by atoms with van der Waals surface area (Å²) in [7, 11) is 0. The monoisotopic (exact) mass is 232 g/mol. The molecule has 1 N–H and O–H groups in total. The van der Waals surface area contributed by atoms with Gasteiger partial charge in [0.25, 0.3) is 0 Å². The third-order valence-corrected chi connectivity index (χ3v) is 5.67. The predicted molar refractivity (Wildman–Crippen MR) is 68.0 cm³/mol. The maximum Gasteiger partial charge on any atom is 0.0815 e. The van der Waals surface area contributed by atoms with Crippen molar-refractivity contribution in [3.05, 3.63) is 12.2 Å². The standard InChI is InChI=1S/C11H20OS2/c1-3-6-11(9-10(12)4-2)13-7-5-8-14-11/h3,6,10,12H,4-5,7-9H2,1-2H3/b6-3+/t10-/m1/s1. The van der Waals surface area contributed by atoms with Crippen molar-refractivity contribution in [3.63, 3.8) is 0 Å². The summed E-state index contributed by atoms with van der Waals surface area (Å²) in [5, 5.41) is 9.74. The highest BCUT2D eigenvalue weighted by atomic mass is 32.2. The summed E-state index contributed by atoms with van der Waals surface area (Å²) in [6.07, 6.45) is 7.29. The number of allylic oxidation sites excluding steroid dienone is 1. The lowest BCUT2D eigenvalue weighted by Gasteiger charge is -2.34. The van der Waals surface area contributed by atoms with E-state index in [-0.39, 0.29) is 10.2 Å². The number of aliphatic hydroxyl groups excluding tert-OH is 1. The Balaban J connectivity index is 2.60. The van der Waals surface area contributed by atoms with Gasteiger partial charge in [0.1, 0.15) is 0 Å². The maximum absolute atomic E-state index is 9.74. The van der Waals surface area contributed by atoms with Gasteiger partial charge in [-0.1, -0.05) is 19.1 Å². The van der Waals surface area contributed by atoms with Crippen LogP contribution in [0.2, 0.25) is 0 Å². The fourth-order valence-corrected chi connectivity index (χ4v) is 4.97. The molecule has 0 radical (unpaired) electrons. The second-order valence-electron chi connectivity index (χ2n) is 3.63. The minimum absolute atomic E-state index is 0.149. The second-order valence-corrected chi connectivity index (χ2v) is 6.74. The van der Waals surface area contributed by atoms with Crippen LogP contribution >= 0.6 is 23.5 Å². The zero-order valence-electron chi connectivity index (χ0n) is 9.03. The van der Waals surface area contributed by atoms with E-state index in [1.54, 1.807) is 0 Å².